The Kier molecular flexibility index (Phi) is 5.19. The van der Waals surface area contributed by atoms with E-state index in [0.29, 0.717) is 31.2 Å². The van der Waals surface area contributed by atoms with Crippen LogP contribution in [0.1, 0.15) is 38.5 Å². The molecular formula is C23H27N3O4. The molecule has 1 atom stereocenters. The van der Waals surface area contributed by atoms with E-state index in [1.54, 1.807) is 12.1 Å². The van der Waals surface area contributed by atoms with Crippen molar-refractivity contribution in [2.24, 2.45) is 5.92 Å². The van der Waals surface area contributed by atoms with Crippen molar-refractivity contribution in [1.82, 2.24) is 14.7 Å². The summed E-state index contributed by atoms with van der Waals surface area (Å²) in [6.45, 7) is 2.30. The summed E-state index contributed by atoms with van der Waals surface area (Å²) in [5.74, 6) is 1.86. The maximum Gasteiger partial charge on any atom is 0.266 e. The molecule has 1 saturated heterocycles. The Morgan fingerprint density at radius 2 is 1.80 bits per heavy atom. The van der Waals surface area contributed by atoms with Crippen molar-refractivity contribution in [1.29, 1.82) is 0 Å². The lowest BCUT2D eigenvalue weighted by molar-refractivity contribution is -0.136. The SMILES string of the molecule is O=C(C1CCCC1)N1CCC[C@H]1Cn1nc(-c2ccc3c(c2)OCCO3)ccc1=O. The number of hydrogen-bond donors (Lipinski definition) is 0. The molecule has 30 heavy (non-hydrogen) atoms. The largest absolute Gasteiger partial charge is 0.486 e. The fourth-order valence-electron chi connectivity index (χ4n) is 4.86. The molecule has 0 bridgehead atoms. The summed E-state index contributed by atoms with van der Waals surface area (Å²) >= 11 is 0. The number of aromatic nitrogens is 2. The van der Waals surface area contributed by atoms with Crippen molar-refractivity contribution in [3.8, 4) is 22.8 Å². The van der Waals surface area contributed by atoms with Gasteiger partial charge in [0.15, 0.2) is 11.5 Å². The summed E-state index contributed by atoms with van der Waals surface area (Å²) in [6, 6.07) is 9.03. The van der Waals surface area contributed by atoms with Gasteiger partial charge in [-0.2, -0.15) is 5.10 Å². The van der Waals surface area contributed by atoms with Crippen molar-refractivity contribution in [2.45, 2.75) is 51.1 Å². The molecule has 0 unspecified atom stereocenters. The molecular weight excluding hydrogens is 382 g/mol. The minimum absolute atomic E-state index is 0.0406. The molecule has 7 nitrogen and oxygen atoms in total. The van der Waals surface area contributed by atoms with Gasteiger partial charge in [-0.1, -0.05) is 12.8 Å². The maximum absolute atomic E-state index is 13.0. The molecule has 1 amide bonds. The van der Waals surface area contributed by atoms with Crippen molar-refractivity contribution >= 4 is 5.91 Å². The van der Waals surface area contributed by atoms with Crippen LogP contribution >= 0.6 is 0 Å². The molecule has 1 aromatic heterocycles. The van der Waals surface area contributed by atoms with Crippen LogP contribution in [-0.4, -0.2) is 46.4 Å². The summed E-state index contributed by atoms with van der Waals surface area (Å²) in [5, 5.41) is 4.62. The molecule has 2 fully saturated rings. The Morgan fingerprint density at radius 3 is 2.63 bits per heavy atom. The van der Waals surface area contributed by atoms with Gasteiger partial charge in [-0.25, -0.2) is 4.68 Å². The summed E-state index contributed by atoms with van der Waals surface area (Å²) in [6.07, 6.45) is 6.20. The van der Waals surface area contributed by atoms with Crippen molar-refractivity contribution < 1.29 is 14.3 Å². The smallest absolute Gasteiger partial charge is 0.266 e. The number of carbonyl (C=O) groups excluding carboxylic acids is 1. The van der Waals surface area contributed by atoms with Crippen LogP contribution in [0.2, 0.25) is 0 Å². The van der Waals surface area contributed by atoms with Crippen LogP contribution in [0.15, 0.2) is 35.1 Å². The molecule has 3 heterocycles. The second kappa shape index (κ2) is 8.13. The first-order valence-electron chi connectivity index (χ1n) is 11.0. The van der Waals surface area contributed by atoms with Crippen molar-refractivity contribution in [3.05, 3.63) is 40.7 Å². The Bertz CT molecular complexity index is 996. The Balaban J connectivity index is 1.37. The van der Waals surface area contributed by atoms with Gasteiger partial charge in [-0.15, -0.1) is 0 Å². The number of amides is 1. The minimum atomic E-state index is -0.142. The highest BCUT2D eigenvalue weighted by molar-refractivity contribution is 5.79. The molecule has 7 heteroatoms. The third-order valence-corrected chi connectivity index (χ3v) is 6.45. The highest BCUT2D eigenvalue weighted by Crippen LogP contribution is 2.34. The Hall–Kier alpha value is -2.83. The third-order valence-electron chi connectivity index (χ3n) is 6.45. The van der Waals surface area contributed by atoms with E-state index in [-0.39, 0.29) is 23.4 Å². The lowest BCUT2D eigenvalue weighted by atomic mass is 10.1. The molecule has 1 saturated carbocycles. The molecule has 0 N–H and O–H groups in total. The molecule has 2 aliphatic heterocycles. The van der Waals surface area contributed by atoms with E-state index in [1.165, 1.54) is 4.68 Å². The van der Waals surface area contributed by atoms with Crippen LogP contribution in [0.5, 0.6) is 11.5 Å². The molecule has 3 aliphatic rings. The number of fused-ring (bicyclic) bond motifs is 1. The van der Waals surface area contributed by atoms with E-state index in [2.05, 4.69) is 5.10 Å². The predicted molar refractivity (Wildman–Crippen MR) is 112 cm³/mol. The summed E-state index contributed by atoms with van der Waals surface area (Å²) < 4.78 is 12.8. The van der Waals surface area contributed by atoms with Gasteiger partial charge in [0.05, 0.1) is 18.3 Å². The average molecular weight is 409 g/mol. The zero-order valence-electron chi connectivity index (χ0n) is 17.1. The van der Waals surface area contributed by atoms with Crippen LogP contribution in [0.3, 0.4) is 0 Å². The molecule has 158 valence electrons. The van der Waals surface area contributed by atoms with E-state index >= 15 is 0 Å². The van der Waals surface area contributed by atoms with Gasteiger partial charge in [0.1, 0.15) is 13.2 Å². The van der Waals surface area contributed by atoms with Gasteiger partial charge in [0.25, 0.3) is 5.56 Å². The van der Waals surface area contributed by atoms with Crippen molar-refractivity contribution in [2.75, 3.05) is 19.8 Å². The maximum atomic E-state index is 13.0. The fraction of sp³-hybridized carbons (Fsp3) is 0.522. The summed E-state index contributed by atoms with van der Waals surface area (Å²) in [5.41, 5.74) is 1.44. The minimum Gasteiger partial charge on any atom is -0.486 e. The zero-order chi connectivity index (χ0) is 20.5. The fourth-order valence-corrected chi connectivity index (χ4v) is 4.86. The van der Waals surface area contributed by atoms with Gasteiger partial charge in [-0.3, -0.25) is 9.59 Å². The van der Waals surface area contributed by atoms with E-state index in [9.17, 15) is 9.59 Å². The Labute approximate surface area is 175 Å². The van der Waals surface area contributed by atoms with Crippen molar-refractivity contribution in [3.63, 3.8) is 0 Å². The van der Waals surface area contributed by atoms with Crippen LogP contribution in [-0.2, 0) is 11.3 Å². The zero-order valence-corrected chi connectivity index (χ0v) is 17.1. The van der Waals surface area contributed by atoms with Gasteiger partial charge < -0.3 is 14.4 Å². The number of carbonyl (C=O) groups is 1. The number of benzene rings is 1. The van der Waals surface area contributed by atoms with Crippen LogP contribution < -0.4 is 15.0 Å². The second-order valence-electron chi connectivity index (χ2n) is 8.41. The quantitative estimate of drug-likeness (QED) is 0.776. The summed E-state index contributed by atoms with van der Waals surface area (Å²) in [7, 11) is 0. The number of hydrogen-bond acceptors (Lipinski definition) is 5. The van der Waals surface area contributed by atoms with Crippen LogP contribution in [0.4, 0.5) is 0 Å². The van der Waals surface area contributed by atoms with E-state index < -0.39 is 0 Å². The van der Waals surface area contributed by atoms with E-state index in [0.717, 1.165) is 56.4 Å². The standard InChI is InChI=1S/C23H27N3O4/c27-22-10-8-19(17-7-9-20-21(14-17)30-13-12-29-20)24-26(22)15-18-6-3-11-25(18)23(28)16-4-1-2-5-16/h7-10,14,16,18H,1-6,11-13,15H2/t18-/m0/s1. The first-order valence-corrected chi connectivity index (χ1v) is 11.0. The monoisotopic (exact) mass is 409 g/mol. The highest BCUT2D eigenvalue weighted by atomic mass is 16.6. The lowest BCUT2D eigenvalue weighted by Gasteiger charge is -2.27. The van der Waals surface area contributed by atoms with Crippen LogP contribution in [0, 0.1) is 5.92 Å². The van der Waals surface area contributed by atoms with Crippen LogP contribution in [0.25, 0.3) is 11.3 Å². The van der Waals surface area contributed by atoms with Gasteiger partial charge >= 0.3 is 0 Å². The van der Waals surface area contributed by atoms with E-state index in [1.807, 2.05) is 23.1 Å². The Morgan fingerprint density at radius 1 is 1.00 bits per heavy atom. The predicted octanol–water partition coefficient (Wildman–Crippen LogP) is 2.86. The van der Waals surface area contributed by atoms with E-state index in [4.69, 9.17) is 9.47 Å². The summed E-state index contributed by atoms with van der Waals surface area (Å²) in [4.78, 5) is 27.5. The van der Waals surface area contributed by atoms with Gasteiger partial charge in [-0.05, 0) is 49.9 Å². The molecule has 2 aromatic rings. The molecule has 0 spiro atoms. The molecule has 0 radical (unpaired) electrons. The lowest BCUT2D eigenvalue weighted by Crippen LogP contribution is -2.42. The number of nitrogens with zero attached hydrogens (tertiary/aromatic N) is 3. The molecule has 1 aromatic carbocycles. The highest BCUT2D eigenvalue weighted by Gasteiger charge is 2.34. The average Bonchev–Trinajstić information content (AvgIpc) is 3.47. The topological polar surface area (TPSA) is 73.7 Å². The number of rotatable bonds is 4. The molecule has 5 rings (SSSR count). The number of likely N-dealkylation sites (tertiary alicyclic amines) is 1. The number of ether oxygens (including phenoxy) is 2. The van der Waals surface area contributed by atoms with Gasteiger partial charge in [0.2, 0.25) is 5.91 Å². The first-order chi connectivity index (χ1) is 14.7. The second-order valence-corrected chi connectivity index (χ2v) is 8.41. The normalized spacial score (nSPS) is 21.2. The van der Waals surface area contributed by atoms with Gasteiger partial charge in [0, 0.05) is 24.1 Å². The third kappa shape index (κ3) is 3.68. The molecule has 1 aliphatic carbocycles. The first kappa shape index (κ1) is 19.2.